The minimum atomic E-state index is -0.0152. The highest BCUT2D eigenvalue weighted by molar-refractivity contribution is 5.71. The van der Waals surface area contributed by atoms with Gasteiger partial charge in [0.15, 0.2) is 0 Å². The maximum Gasteiger partial charge on any atom is 0.306 e. The van der Waals surface area contributed by atoms with E-state index in [1.54, 1.807) is 0 Å². The normalized spacial score (nSPS) is 30.5. The maximum atomic E-state index is 10.8. The lowest BCUT2D eigenvalue weighted by atomic mass is 9.99. The molecule has 2 atom stereocenters. The van der Waals surface area contributed by atoms with E-state index in [-0.39, 0.29) is 12.1 Å². The summed E-state index contributed by atoms with van der Waals surface area (Å²) >= 11 is 0. The Labute approximate surface area is 67.9 Å². The number of hydrogen-bond donors (Lipinski definition) is 0. The number of unbranched alkanes of at least 4 members (excludes halogenated alkanes) is 1. The molecule has 11 heavy (non-hydrogen) atoms. The van der Waals surface area contributed by atoms with E-state index < -0.39 is 0 Å². The molecule has 0 amide bonds. The Bertz CT molecular complexity index is 142. The van der Waals surface area contributed by atoms with Crippen LogP contribution in [0.1, 0.15) is 39.5 Å². The van der Waals surface area contributed by atoms with Crippen molar-refractivity contribution in [3.05, 3.63) is 0 Å². The van der Waals surface area contributed by atoms with E-state index >= 15 is 0 Å². The first-order chi connectivity index (χ1) is 5.24. The third kappa shape index (κ3) is 2.21. The molecule has 0 spiro atoms. The molecule has 1 aliphatic heterocycles. The Morgan fingerprint density at radius 1 is 1.64 bits per heavy atom. The first kappa shape index (κ1) is 8.57. The van der Waals surface area contributed by atoms with Gasteiger partial charge >= 0.3 is 5.97 Å². The number of esters is 1. The zero-order chi connectivity index (χ0) is 8.27. The number of rotatable bonds is 3. The molecule has 2 nitrogen and oxygen atoms in total. The number of ether oxygens (including phenoxy) is 1. The minimum Gasteiger partial charge on any atom is -0.462 e. The van der Waals surface area contributed by atoms with E-state index in [2.05, 4.69) is 13.8 Å². The van der Waals surface area contributed by atoms with Crippen molar-refractivity contribution in [3.63, 3.8) is 0 Å². The average Bonchev–Trinajstić information content (AvgIpc) is 2.26. The molecule has 0 saturated carbocycles. The van der Waals surface area contributed by atoms with E-state index in [1.165, 1.54) is 12.8 Å². The van der Waals surface area contributed by atoms with Gasteiger partial charge in [-0.3, -0.25) is 4.79 Å². The predicted octanol–water partition coefficient (Wildman–Crippen LogP) is 2.13. The fourth-order valence-electron chi connectivity index (χ4n) is 1.48. The first-order valence-electron chi connectivity index (χ1n) is 4.43. The molecule has 1 fully saturated rings. The van der Waals surface area contributed by atoms with Crippen LogP contribution in [0.5, 0.6) is 0 Å². The molecule has 0 unspecified atom stereocenters. The Morgan fingerprint density at radius 2 is 2.36 bits per heavy atom. The summed E-state index contributed by atoms with van der Waals surface area (Å²) in [5.74, 6) is 0.424. The number of hydrogen-bond acceptors (Lipinski definition) is 2. The SMILES string of the molecule is CCCC[C@H]1OC(=O)C[C@@H]1C. The molecular weight excluding hydrogens is 140 g/mol. The van der Waals surface area contributed by atoms with Crippen LogP contribution < -0.4 is 0 Å². The summed E-state index contributed by atoms with van der Waals surface area (Å²) in [4.78, 5) is 10.8. The summed E-state index contributed by atoms with van der Waals surface area (Å²) in [5.41, 5.74) is 0. The van der Waals surface area contributed by atoms with Crippen LogP contribution in [0.4, 0.5) is 0 Å². The van der Waals surface area contributed by atoms with E-state index in [0.717, 1.165) is 6.42 Å². The second kappa shape index (κ2) is 3.74. The van der Waals surface area contributed by atoms with Crippen LogP contribution in [0.25, 0.3) is 0 Å². The van der Waals surface area contributed by atoms with Crippen molar-refractivity contribution in [2.24, 2.45) is 5.92 Å². The van der Waals surface area contributed by atoms with Crippen LogP contribution in [0.15, 0.2) is 0 Å². The van der Waals surface area contributed by atoms with Crippen LogP contribution in [0.3, 0.4) is 0 Å². The van der Waals surface area contributed by atoms with Gasteiger partial charge in [-0.1, -0.05) is 26.7 Å². The fourth-order valence-corrected chi connectivity index (χ4v) is 1.48. The van der Waals surface area contributed by atoms with Gasteiger partial charge in [0.2, 0.25) is 0 Å². The van der Waals surface area contributed by atoms with E-state index in [0.29, 0.717) is 12.3 Å². The Balaban J connectivity index is 2.28. The molecule has 0 aromatic rings. The van der Waals surface area contributed by atoms with Gasteiger partial charge in [0, 0.05) is 5.92 Å². The van der Waals surface area contributed by atoms with Crippen LogP contribution in [-0.2, 0) is 9.53 Å². The van der Waals surface area contributed by atoms with Gasteiger partial charge in [-0.2, -0.15) is 0 Å². The summed E-state index contributed by atoms with van der Waals surface area (Å²) in [7, 11) is 0. The summed E-state index contributed by atoms with van der Waals surface area (Å²) in [5, 5.41) is 0. The van der Waals surface area contributed by atoms with Gasteiger partial charge in [-0.05, 0) is 6.42 Å². The van der Waals surface area contributed by atoms with Crippen molar-refractivity contribution in [1.82, 2.24) is 0 Å². The summed E-state index contributed by atoms with van der Waals surface area (Å²) in [6, 6.07) is 0. The molecule has 1 heterocycles. The van der Waals surface area contributed by atoms with Crippen LogP contribution in [0, 0.1) is 5.92 Å². The number of carbonyl (C=O) groups excluding carboxylic acids is 1. The van der Waals surface area contributed by atoms with Crippen molar-refractivity contribution in [1.29, 1.82) is 0 Å². The maximum absolute atomic E-state index is 10.8. The topological polar surface area (TPSA) is 26.3 Å². The van der Waals surface area contributed by atoms with E-state index in [1.807, 2.05) is 0 Å². The smallest absolute Gasteiger partial charge is 0.306 e. The standard InChI is InChI=1S/C9H16O2/c1-3-4-5-8-7(2)6-9(10)11-8/h7-8H,3-6H2,1-2H3/t7-,8+/m0/s1. The number of carbonyl (C=O) groups is 1. The molecule has 1 saturated heterocycles. The predicted molar refractivity (Wildman–Crippen MR) is 43.2 cm³/mol. The van der Waals surface area contributed by atoms with Gasteiger partial charge < -0.3 is 4.74 Å². The zero-order valence-electron chi connectivity index (χ0n) is 7.30. The monoisotopic (exact) mass is 156 g/mol. The first-order valence-corrected chi connectivity index (χ1v) is 4.43. The van der Waals surface area contributed by atoms with Gasteiger partial charge in [-0.15, -0.1) is 0 Å². The van der Waals surface area contributed by atoms with Crippen LogP contribution >= 0.6 is 0 Å². The number of cyclic esters (lactones) is 1. The van der Waals surface area contributed by atoms with E-state index in [4.69, 9.17) is 4.74 Å². The largest absolute Gasteiger partial charge is 0.462 e. The third-order valence-corrected chi connectivity index (χ3v) is 2.25. The summed E-state index contributed by atoms with van der Waals surface area (Å²) in [6.45, 7) is 4.24. The molecule has 0 aliphatic carbocycles. The molecule has 1 aliphatic rings. The zero-order valence-corrected chi connectivity index (χ0v) is 7.30. The lowest BCUT2D eigenvalue weighted by Gasteiger charge is -2.11. The third-order valence-electron chi connectivity index (χ3n) is 2.25. The average molecular weight is 156 g/mol. The molecule has 0 radical (unpaired) electrons. The van der Waals surface area contributed by atoms with Gasteiger partial charge in [0.05, 0.1) is 6.42 Å². The Kier molecular flexibility index (Phi) is 2.92. The second-order valence-corrected chi connectivity index (χ2v) is 3.35. The highest BCUT2D eigenvalue weighted by Gasteiger charge is 2.30. The molecule has 0 N–H and O–H groups in total. The minimum absolute atomic E-state index is 0.0152. The second-order valence-electron chi connectivity index (χ2n) is 3.35. The van der Waals surface area contributed by atoms with Gasteiger partial charge in [0.1, 0.15) is 6.10 Å². The van der Waals surface area contributed by atoms with Crippen molar-refractivity contribution in [2.75, 3.05) is 0 Å². The quantitative estimate of drug-likeness (QED) is 0.585. The molecule has 0 aromatic carbocycles. The molecule has 0 bridgehead atoms. The van der Waals surface area contributed by atoms with Crippen LogP contribution in [0.2, 0.25) is 0 Å². The molecule has 2 heteroatoms. The lowest BCUT2D eigenvalue weighted by molar-refractivity contribution is -0.141. The Morgan fingerprint density at radius 3 is 2.82 bits per heavy atom. The van der Waals surface area contributed by atoms with E-state index in [9.17, 15) is 4.79 Å². The fraction of sp³-hybridized carbons (Fsp3) is 0.889. The highest BCUT2D eigenvalue weighted by atomic mass is 16.5. The van der Waals surface area contributed by atoms with Gasteiger partial charge in [0.25, 0.3) is 0 Å². The van der Waals surface area contributed by atoms with Gasteiger partial charge in [-0.25, -0.2) is 0 Å². The van der Waals surface area contributed by atoms with Crippen molar-refractivity contribution < 1.29 is 9.53 Å². The molecule has 1 rings (SSSR count). The lowest BCUT2D eigenvalue weighted by Crippen LogP contribution is -2.12. The highest BCUT2D eigenvalue weighted by Crippen LogP contribution is 2.25. The van der Waals surface area contributed by atoms with Crippen LogP contribution in [-0.4, -0.2) is 12.1 Å². The molecular formula is C9H16O2. The van der Waals surface area contributed by atoms with Crippen molar-refractivity contribution in [3.8, 4) is 0 Å². The molecule has 64 valence electrons. The summed E-state index contributed by atoms with van der Waals surface area (Å²) < 4.78 is 5.14. The summed E-state index contributed by atoms with van der Waals surface area (Å²) in [6.07, 6.45) is 4.23. The van der Waals surface area contributed by atoms with Crippen molar-refractivity contribution >= 4 is 5.97 Å². The molecule has 0 aromatic heterocycles. The van der Waals surface area contributed by atoms with Crippen molar-refractivity contribution in [2.45, 2.75) is 45.6 Å². The Hall–Kier alpha value is -0.530.